The molecule has 7 nitrogen and oxygen atoms in total. The average Bonchev–Trinajstić information content (AvgIpc) is 2.54. The lowest BCUT2D eigenvalue weighted by Crippen LogP contribution is -2.21. The van der Waals surface area contributed by atoms with Gasteiger partial charge in [-0.15, -0.1) is 0 Å². The van der Waals surface area contributed by atoms with Crippen molar-refractivity contribution in [3.05, 3.63) is 69.0 Å². The summed E-state index contributed by atoms with van der Waals surface area (Å²) < 4.78 is 17.7. The van der Waals surface area contributed by atoms with E-state index in [9.17, 15) is 24.1 Å². The van der Waals surface area contributed by atoms with Crippen molar-refractivity contribution in [2.45, 2.75) is 0 Å². The van der Waals surface area contributed by atoms with Gasteiger partial charge in [-0.25, -0.2) is 9.18 Å². The summed E-state index contributed by atoms with van der Waals surface area (Å²) in [6, 6.07) is 8.47. The summed E-state index contributed by atoms with van der Waals surface area (Å²) in [5.41, 5.74) is -0.538. The number of ether oxygens (including phenoxy) is 1. The van der Waals surface area contributed by atoms with E-state index < -0.39 is 34.9 Å². The summed E-state index contributed by atoms with van der Waals surface area (Å²) in [5, 5.41) is 13.3. The number of carbonyl (C=O) groups is 2. The standard InChI is InChI=1S/C15H10ClFN2O5/c16-10-4-5-12(13(7-10)19(22)23)18-14(20)8-24-15(21)9-2-1-3-11(17)6-9/h1-7H,8H2,(H,18,20). The fraction of sp³-hybridized carbons (Fsp3) is 0.0667. The molecule has 9 heteroatoms. The van der Waals surface area contributed by atoms with Crippen molar-refractivity contribution in [1.82, 2.24) is 0 Å². The number of halogens is 2. The largest absolute Gasteiger partial charge is 0.452 e. The first kappa shape index (κ1) is 17.4. The first-order chi connectivity index (χ1) is 11.4. The van der Waals surface area contributed by atoms with Gasteiger partial charge in [0.15, 0.2) is 6.61 Å². The van der Waals surface area contributed by atoms with Crippen LogP contribution in [0.25, 0.3) is 0 Å². The van der Waals surface area contributed by atoms with Gasteiger partial charge in [0.05, 0.1) is 10.5 Å². The summed E-state index contributed by atoms with van der Waals surface area (Å²) in [4.78, 5) is 33.6. The lowest BCUT2D eigenvalue weighted by Gasteiger charge is -2.07. The molecule has 124 valence electrons. The van der Waals surface area contributed by atoms with E-state index in [0.717, 1.165) is 18.2 Å². The number of rotatable bonds is 5. The number of nitro benzene ring substituents is 1. The Labute approximate surface area is 140 Å². The molecule has 24 heavy (non-hydrogen) atoms. The van der Waals surface area contributed by atoms with Gasteiger partial charge in [0.2, 0.25) is 0 Å². The Morgan fingerprint density at radius 3 is 2.67 bits per heavy atom. The van der Waals surface area contributed by atoms with E-state index in [4.69, 9.17) is 16.3 Å². The number of esters is 1. The molecule has 0 radical (unpaired) electrons. The van der Waals surface area contributed by atoms with Crippen LogP contribution in [0.1, 0.15) is 10.4 Å². The summed E-state index contributed by atoms with van der Waals surface area (Å²) in [7, 11) is 0. The summed E-state index contributed by atoms with van der Waals surface area (Å²) in [5.74, 6) is -2.30. The molecule has 0 atom stereocenters. The third-order valence-electron chi connectivity index (χ3n) is 2.83. The van der Waals surface area contributed by atoms with Crippen LogP contribution in [0.5, 0.6) is 0 Å². The molecular weight excluding hydrogens is 343 g/mol. The first-order valence-electron chi connectivity index (χ1n) is 6.53. The molecule has 2 aromatic rings. The Kier molecular flexibility index (Phi) is 5.43. The number of benzene rings is 2. The molecule has 2 rings (SSSR count). The van der Waals surface area contributed by atoms with Crippen LogP contribution < -0.4 is 5.32 Å². The van der Waals surface area contributed by atoms with Gasteiger partial charge in [0.1, 0.15) is 11.5 Å². The number of anilines is 1. The summed E-state index contributed by atoms with van der Waals surface area (Å²) in [6.45, 7) is -0.685. The van der Waals surface area contributed by atoms with Gasteiger partial charge in [-0.2, -0.15) is 0 Å². The number of amides is 1. The topological polar surface area (TPSA) is 98.5 Å². The van der Waals surface area contributed by atoms with Crippen molar-refractivity contribution in [2.75, 3.05) is 11.9 Å². The first-order valence-corrected chi connectivity index (χ1v) is 6.91. The van der Waals surface area contributed by atoms with Gasteiger partial charge in [0.25, 0.3) is 11.6 Å². The third kappa shape index (κ3) is 4.50. The molecule has 0 fully saturated rings. The zero-order valence-electron chi connectivity index (χ0n) is 12.0. The molecule has 0 unspecified atom stereocenters. The maximum absolute atomic E-state index is 13.0. The normalized spacial score (nSPS) is 10.1. The molecule has 2 aromatic carbocycles. The van der Waals surface area contributed by atoms with Crippen molar-refractivity contribution < 1.29 is 23.6 Å². The SMILES string of the molecule is O=C(COC(=O)c1cccc(F)c1)Nc1ccc(Cl)cc1[N+](=O)[O-]. The lowest BCUT2D eigenvalue weighted by atomic mass is 10.2. The molecule has 0 aliphatic rings. The second-order valence-corrected chi connectivity index (χ2v) is 4.99. The van der Waals surface area contributed by atoms with E-state index in [1.807, 2.05) is 0 Å². The quantitative estimate of drug-likeness (QED) is 0.506. The van der Waals surface area contributed by atoms with Crippen LogP contribution in [-0.4, -0.2) is 23.4 Å². The highest BCUT2D eigenvalue weighted by Crippen LogP contribution is 2.27. The van der Waals surface area contributed by atoms with Gasteiger partial charge < -0.3 is 10.1 Å². The molecule has 0 aliphatic carbocycles. The zero-order chi connectivity index (χ0) is 17.7. The van der Waals surface area contributed by atoms with Gasteiger partial charge in [0, 0.05) is 11.1 Å². The number of hydrogen-bond donors (Lipinski definition) is 1. The smallest absolute Gasteiger partial charge is 0.338 e. The molecule has 0 aromatic heterocycles. The maximum atomic E-state index is 13.0. The molecule has 0 heterocycles. The Morgan fingerprint density at radius 2 is 2.00 bits per heavy atom. The fourth-order valence-corrected chi connectivity index (χ4v) is 1.94. The van der Waals surface area contributed by atoms with Crippen molar-refractivity contribution in [1.29, 1.82) is 0 Å². The van der Waals surface area contributed by atoms with Crippen LogP contribution in [0.2, 0.25) is 5.02 Å². The molecular formula is C15H10ClFN2O5. The number of nitrogens with one attached hydrogen (secondary N) is 1. The van der Waals surface area contributed by atoms with Crippen molar-refractivity contribution in [3.63, 3.8) is 0 Å². The molecule has 0 aliphatic heterocycles. The maximum Gasteiger partial charge on any atom is 0.338 e. The third-order valence-corrected chi connectivity index (χ3v) is 3.06. The number of nitro groups is 1. The van der Waals surface area contributed by atoms with Crippen LogP contribution >= 0.6 is 11.6 Å². The average molecular weight is 353 g/mol. The Bertz CT molecular complexity index is 812. The van der Waals surface area contributed by atoms with E-state index >= 15 is 0 Å². The Morgan fingerprint density at radius 1 is 1.25 bits per heavy atom. The van der Waals surface area contributed by atoms with Crippen LogP contribution in [0.3, 0.4) is 0 Å². The van der Waals surface area contributed by atoms with E-state index in [2.05, 4.69) is 5.32 Å². The highest BCUT2D eigenvalue weighted by atomic mass is 35.5. The minimum absolute atomic E-state index is 0.0553. The van der Waals surface area contributed by atoms with Gasteiger partial charge >= 0.3 is 5.97 Å². The number of hydrogen-bond acceptors (Lipinski definition) is 5. The molecule has 0 bridgehead atoms. The minimum atomic E-state index is -0.893. The minimum Gasteiger partial charge on any atom is -0.452 e. The summed E-state index contributed by atoms with van der Waals surface area (Å²) >= 11 is 5.66. The predicted molar refractivity (Wildman–Crippen MR) is 83.4 cm³/mol. The molecule has 1 N–H and O–H groups in total. The molecule has 1 amide bonds. The van der Waals surface area contributed by atoms with Gasteiger partial charge in [-0.1, -0.05) is 17.7 Å². The lowest BCUT2D eigenvalue weighted by molar-refractivity contribution is -0.383. The highest BCUT2D eigenvalue weighted by molar-refractivity contribution is 6.31. The Hall–Kier alpha value is -3.00. The zero-order valence-corrected chi connectivity index (χ0v) is 12.7. The summed E-state index contributed by atoms with van der Waals surface area (Å²) in [6.07, 6.45) is 0. The highest BCUT2D eigenvalue weighted by Gasteiger charge is 2.17. The van der Waals surface area contributed by atoms with Gasteiger partial charge in [-0.3, -0.25) is 14.9 Å². The number of nitrogens with zero attached hydrogens (tertiary/aromatic N) is 1. The number of carbonyl (C=O) groups excluding carboxylic acids is 2. The van der Waals surface area contributed by atoms with E-state index in [0.29, 0.717) is 0 Å². The van der Waals surface area contributed by atoms with Crippen molar-refractivity contribution >= 4 is 34.9 Å². The Balaban J connectivity index is 1.99. The molecule has 0 saturated heterocycles. The van der Waals surface area contributed by atoms with E-state index in [1.54, 1.807) is 0 Å². The predicted octanol–water partition coefficient (Wildman–Crippen LogP) is 3.18. The second kappa shape index (κ2) is 7.51. The van der Waals surface area contributed by atoms with Crippen molar-refractivity contribution in [3.8, 4) is 0 Å². The van der Waals surface area contributed by atoms with E-state index in [-0.39, 0.29) is 16.3 Å². The fourth-order valence-electron chi connectivity index (χ4n) is 1.78. The van der Waals surface area contributed by atoms with Gasteiger partial charge in [-0.05, 0) is 30.3 Å². The second-order valence-electron chi connectivity index (χ2n) is 4.55. The van der Waals surface area contributed by atoms with E-state index in [1.165, 1.54) is 24.3 Å². The molecule has 0 spiro atoms. The van der Waals surface area contributed by atoms with Crippen LogP contribution in [0.4, 0.5) is 15.8 Å². The monoisotopic (exact) mass is 352 g/mol. The van der Waals surface area contributed by atoms with Crippen LogP contribution in [-0.2, 0) is 9.53 Å². The van der Waals surface area contributed by atoms with Crippen molar-refractivity contribution in [2.24, 2.45) is 0 Å². The van der Waals surface area contributed by atoms with Crippen LogP contribution in [0, 0.1) is 15.9 Å². The molecule has 0 saturated carbocycles. The van der Waals surface area contributed by atoms with Crippen LogP contribution in [0.15, 0.2) is 42.5 Å².